The van der Waals surface area contributed by atoms with Crippen molar-refractivity contribution >= 4 is 17.1 Å². The summed E-state index contributed by atoms with van der Waals surface area (Å²) >= 11 is 0. The summed E-state index contributed by atoms with van der Waals surface area (Å²) in [5.41, 5.74) is -1.26. The van der Waals surface area contributed by atoms with Crippen LogP contribution in [0.15, 0.2) is 6.07 Å². The monoisotopic (exact) mass is 322 g/mol. The number of nitrogens with zero attached hydrogens (tertiary/aromatic N) is 3. The number of benzene rings is 1. The van der Waals surface area contributed by atoms with Gasteiger partial charge in [-0.15, -0.1) is 0 Å². The minimum Gasteiger partial charge on any atom is -0.380 e. The van der Waals surface area contributed by atoms with E-state index in [-0.39, 0.29) is 29.5 Å². The number of ether oxygens (including phenoxy) is 1. The highest BCUT2D eigenvalue weighted by Gasteiger charge is 2.33. The Bertz CT molecular complexity index is 650. The van der Waals surface area contributed by atoms with Crippen molar-refractivity contribution in [3.05, 3.63) is 37.4 Å². The van der Waals surface area contributed by atoms with Crippen molar-refractivity contribution in [2.45, 2.75) is 39.3 Å². The maximum atomic E-state index is 11.5. The van der Waals surface area contributed by atoms with E-state index in [1.165, 1.54) is 7.11 Å². The molecule has 0 bridgehead atoms. The van der Waals surface area contributed by atoms with Crippen LogP contribution in [0.3, 0.4) is 0 Å². The molecule has 1 aromatic carbocycles. The Balaban J connectivity index is 3.73. The Morgan fingerprint density at radius 3 is 2.30 bits per heavy atom. The molecular weight excluding hydrogens is 304 g/mol. The van der Waals surface area contributed by atoms with Gasteiger partial charge in [0.25, 0.3) is 0 Å². The number of nitro groups is 2. The maximum Gasteiger partial charge on any atom is 0.306 e. The van der Waals surface area contributed by atoms with Gasteiger partial charge in [0.1, 0.15) is 6.07 Å². The number of anilines is 1. The predicted molar refractivity (Wildman–Crippen MR) is 83.2 cm³/mol. The molecule has 0 heterocycles. The number of rotatable bonds is 8. The van der Waals surface area contributed by atoms with E-state index in [1.54, 1.807) is 6.07 Å². The van der Waals surface area contributed by atoms with Gasteiger partial charge in [-0.3, -0.25) is 20.2 Å². The lowest BCUT2D eigenvalue weighted by Gasteiger charge is -2.17. The van der Waals surface area contributed by atoms with Crippen LogP contribution < -0.4 is 5.32 Å². The van der Waals surface area contributed by atoms with Crippen LogP contribution in [0, 0.1) is 31.6 Å². The lowest BCUT2D eigenvalue weighted by Crippen LogP contribution is -2.20. The molecule has 0 amide bonds. The number of nitrogens with one attached hydrogen (secondary N) is 1. The minimum atomic E-state index is -0.727. The number of hydrogen-bond acceptors (Lipinski definition) is 7. The van der Waals surface area contributed by atoms with Crippen molar-refractivity contribution in [2.24, 2.45) is 0 Å². The van der Waals surface area contributed by atoms with Crippen molar-refractivity contribution in [3.8, 4) is 6.07 Å². The third-order valence-electron chi connectivity index (χ3n) is 3.51. The molecule has 0 aliphatic rings. The molecule has 0 unspecified atom stereocenters. The molecule has 9 heteroatoms. The van der Waals surface area contributed by atoms with Crippen molar-refractivity contribution in [1.29, 1.82) is 5.26 Å². The highest BCUT2D eigenvalue weighted by Crippen LogP contribution is 2.40. The summed E-state index contributed by atoms with van der Waals surface area (Å²) in [5.74, 6) is 0. The summed E-state index contributed by atoms with van der Waals surface area (Å²) in [6.45, 7) is 3.56. The van der Waals surface area contributed by atoms with Gasteiger partial charge < -0.3 is 10.1 Å². The van der Waals surface area contributed by atoms with Crippen molar-refractivity contribution in [3.63, 3.8) is 0 Å². The number of nitriles is 1. The average molecular weight is 322 g/mol. The molecule has 0 saturated carbocycles. The summed E-state index contributed by atoms with van der Waals surface area (Å²) < 4.78 is 4.92. The lowest BCUT2D eigenvalue weighted by molar-refractivity contribution is -0.393. The average Bonchev–Trinajstić information content (AvgIpc) is 2.51. The summed E-state index contributed by atoms with van der Waals surface area (Å²) in [6, 6.07) is 2.65. The van der Waals surface area contributed by atoms with Crippen molar-refractivity contribution < 1.29 is 14.6 Å². The zero-order valence-corrected chi connectivity index (χ0v) is 13.2. The Morgan fingerprint density at radius 1 is 1.30 bits per heavy atom. The molecule has 1 aromatic rings. The van der Waals surface area contributed by atoms with Gasteiger partial charge in [-0.2, -0.15) is 5.26 Å². The standard InChI is InChI=1S/C14H18N4O5/c1-4-10(5-2)16-13-12(17(19)20)6-9(7-15)11(8-23-3)14(13)18(21)22/h6,10,16H,4-5,8H2,1-3H3. The van der Waals surface area contributed by atoms with E-state index >= 15 is 0 Å². The van der Waals surface area contributed by atoms with E-state index in [1.807, 2.05) is 13.8 Å². The third kappa shape index (κ3) is 3.92. The van der Waals surface area contributed by atoms with Crippen LogP contribution in [-0.2, 0) is 11.3 Å². The van der Waals surface area contributed by atoms with E-state index < -0.39 is 21.2 Å². The lowest BCUT2D eigenvalue weighted by atomic mass is 10.0. The van der Waals surface area contributed by atoms with Gasteiger partial charge in [-0.05, 0) is 12.8 Å². The zero-order valence-electron chi connectivity index (χ0n) is 13.2. The van der Waals surface area contributed by atoms with E-state index in [0.29, 0.717) is 12.8 Å². The Labute approximate surface area is 133 Å². The largest absolute Gasteiger partial charge is 0.380 e. The van der Waals surface area contributed by atoms with E-state index in [0.717, 1.165) is 6.07 Å². The van der Waals surface area contributed by atoms with Crippen molar-refractivity contribution in [1.82, 2.24) is 0 Å². The molecular formula is C14H18N4O5. The summed E-state index contributed by atoms with van der Waals surface area (Å²) in [5, 5.41) is 34.8. The van der Waals surface area contributed by atoms with Crippen LogP contribution in [0.2, 0.25) is 0 Å². The molecule has 0 fully saturated rings. The summed E-state index contributed by atoms with van der Waals surface area (Å²) in [7, 11) is 1.33. The molecule has 0 radical (unpaired) electrons. The topological polar surface area (TPSA) is 131 Å². The molecule has 1 rings (SSSR count). The van der Waals surface area contributed by atoms with Crippen LogP contribution in [0.5, 0.6) is 0 Å². The van der Waals surface area contributed by atoms with Crippen molar-refractivity contribution in [2.75, 3.05) is 12.4 Å². The molecule has 0 aromatic heterocycles. The van der Waals surface area contributed by atoms with E-state index in [2.05, 4.69) is 5.32 Å². The van der Waals surface area contributed by atoms with Gasteiger partial charge in [0.15, 0.2) is 5.69 Å². The first-order chi connectivity index (χ1) is 10.9. The van der Waals surface area contributed by atoms with E-state index in [9.17, 15) is 20.2 Å². The fourth-order valence-electron chi connectivity index (χ4n) is 2.27. The van der Waals surface area contributed by atoms with E-state index in [4.69, 9.17) is 10.00 Å². The van der Waals surface area contributed by atoms with Gasteiger partial charge in [0.2, 0.25) is 0 Å². The number of methoxy groups -OCH3 is 1. The summed E-state index contributed by atoms with van der Waals surface area (Å²) in [4.78, 5) is 21.3. The first kappa shape index (κ1) is 18.3. The number of hydrogen-bond donors (Lipinski definition) is 1. The first-order valence-electron chi connectivity index (χ1n) is 7.05. The number of nitro benzene ring substituents is 2. The molecule has 0 aliphatic carbocycles. The van der Waals surface area contributed by atoms with Crippen LogP contribution in [0.25, 0.3) is 0 Å². The molecule has 0 spiro atoms. The second-order valence-corrected chi connectivity index (χ2v) is 4.86. The Kier molecular flexibility index (Phi) is 6.41. The maximum absolute atomic E-state index is 11.5. The Hall–Kier alpha value is -2.73. The predicted octanol–water partition coefficient (Wildman–Crippen LogP) is 3.12. The molecule has 124 valence electrons. The third-order valence-corrected chi connectivity index (χ3v) is 3.51. The van der Waals surface area contributed by atoms with Gasteiger partial charge in [0, 0.05) is 19.2 Å². The molecule has 1 N–H and O–H groups in total. The quantitative estimate of drug-likeness (QED) is 0.574. The Morgan fingerprint density at radius 2 is 1.91 bits per heavy atom. The van der Waals surface area contributed by atoms with Gasteiger partial charge in [0.05, 0.1) is 27.6 Å². The first-order valence-corrected chi connectivity index (χ1v) is 7.05. The van der Waals surface area contributed by atoms with Crippen LogP contribution >= 0.6 is 0 Å². The minimum absolute atomic E-state index is 0.0269. The van der Waals surface area contributed by atoms with Crippen LogP contribution in [0.1, 0.15) is 37.8 Å². The zero-order chi connectivity index (χ0) is 17.6. The van der Waals surface area contributed by atoms with Gasteiger partial charge in [-0.1, -0.05) is 13.8 Å². The fourth-order valence-corrected chi connectivity index (χ4v) is 2.27. The molecule has 23 heavy (non-hydrogen) atoms. The normalized spacial score (nSPS) is 10.4. The summed E-state index contributed by atoms with van der Waals surface area (Å²) in [6.07, 6.45) is 1.29. The van der Waals surface area contributed by atoms with Crippen LogP contribution in [-0.4, -0.2) is 23.0 Å². The highest BCUT2D eigenvalue weighted by atomic mass is 16.6. The highest BCUT2D eigenvalue weighted by molar-refractivity contribution is 5.79. The molecule has 0 aliphatic heterocycles. The fraction of sp³-hybridized carbons (Fsp3) is 0.500. The molecule has 0 saturated heterocycles. The SMILES string of the molecule is CCC(CC)Nc1c([N+](=O)[O-])cc(C#N)c(COC)c1[N+](=O)[O-]. The second-order valence-electron chi connectivity index (χ2n) is 4.86. The van der Waals surface area contributed by atoms with Crippen LogP contribution in [0.4, 0.5) is 17.1 Å². The second kappa shape index (κ2) is 8.05. The smallest absolute Gasteiger partial charge is 0.306 e. The molecule has 9 nitrogen and oxygen atoms in total. The van der Waals surface area contributed by atoms with Gasteiger partial charge >= 0.3 is 11.4 Å². The van der Waals surface area contributed by atoms with Gasteiger partial charge in [-0.25, -0.2) is 0 Å². The molecule has 0 atom stereocenters.